The number of hydrogen-bond acceptors (Lipinski definition) is 4. The fraction of sp³-hybridized carbons (Fsp3) is 0.0645. The fourth-order valence-electron chi connectivity index (χ4n) is 3.70. The van der Waals surface area contributed by atoms with Crippen molar-refractivity contribution in [2.24, 2.45) is 0 Å². The van der Waals surface area contributed by atoms with Crippen LogP contribution in [0.5, 0.6) is 0 Å². The second kappa shape index (κ2) is 13.6. The average molecular weight is 594 g/mol. The molecule has 0 saturated carbocycles. The van der Waals surface area contributed by atoms with Gasteiger partial charge in [-0.05, 0) is 66.2 Å². The molecular formula is C31H23F4N3O3S. The van der Waals surface area contributed by atoms with Gasteiger partial charge in [0, 0.05) is 16.1 Å². The van der Waals surface area contributed by atoms with Gasteiger partial charge in [0.05, 0.1) is 17.0 Å². The van der Waals surface area contributed by atoms with E-state index in [9.17, 15) is 31.9 Å². The molecule has 0 radical (unpaired) electrons. The van der Waals surface area contributed by atoms with Crippen molar-refractivity contribution in [2.45, 2.75) is 11.1 Å². The molecule has 3 N–H and O–H groups in total. The van der Waals surface area contributed by atoms with Crippen molar-refractivity contribution in [3.8, 4) is 0 Å². The average Bonchev–Trinajstić information content (AvgIpc) is 2.97. The van der Waals surface area contributed by atoms with Gasteiger partial charge in [0.15, 0.2) is 0 Å². The molecule has 0 unspecified atom stereocenters. The third-order valence-corrected chi connectivity index (χ3v) is 6.67. The van der Waals surface area contributed by atoms with Crippen LogP contribution in [0.1, 0.15) is 21.5 Å². The lowest BCUT2D eigenvalue weighted by molar-refractivity contribution is -0.137. The molecule has 214 valence electrons. The van der Waals surface area contributed by atoms with Crippen molar-refractivity contribution in [3.05, 3.63) is 131 Å². The van der Waals surface area contributed by atoms with Crippen molar-refractivity contribution in [1.82, 2.24) is 5.32 Å². The van der Waals surface area contributed by atoms with Crippen LogP contribution in [0.2, 0.25) is 0 Å². The van der Waals surface area contributed by atoms with E-state index >= 15 is 0 Å². The largest absolute Gasteiger partial charge is 0.418 e. The topological polar surface area (TPSA) is 87.3 Å². The summed E-state index contributed by atoms with van der Waals surface area (Å²) in [5.74, 6) is -2.47. The summed E-state index contributed by atoms with van der Waals surface area (Å²) in [4.78, 5) is 38.9. The zero-order valence-corrected chi connectivity index (χ0v) is 22.6. The molecule has 4 aromatic carbocycles. The molecule has 3 amide bonds. The lowest BCUT2D eigenvalue weighted by Gasteiger charge is -2.14. The van der Waals surface area contributed by atoms with Gasteiger partial charge in [0.25, 0.3) is 11.8 Å². The summed E-state index contributed by atoms with van der Waals surface area (Å²) in [5.41, 5.74) is -0.253. The molecule has 0 aliphatic carbocycles. The highest BCUT2D eigenvalue weighted by molar-refractivity contribution is 8.00. The maximum atomic E-state index is 13.4. The first-order chi connectivity index (χ1) is 20.1. The van der Waals surface area contributed by atoms with E-state index in [0.717, 1.165) is 17.8 Å². The Morgan fingerprint density at radius 3 is 2.19 bits per heavy atom. The fourth-order valence-corrected chi connectivity index (χ4v) is 4.46. The Labute approximate surface area is 242 Å². The van der Waals surface area contributed by atoms with Gasteiger partial charge in [-0.1, -0.05) is 48.5 Å². The van der Waals surface area contributed by atoms with Crippen LogP contribution in [0.4, 0.5) is 28.9 Å². The Morgan fingerprint density at radius 1 is 0.786 bits per heavy atom. The number of carbonyl (C=O) groups excluding carboxylic acids is 3. The van der Waals surface area contributed by atoms with E-state index in [1.54, 1.807) is 54.6 Å². The monoisotopic (exact) mass is 593 g/mol. The Morgan fingerprint density at radius 2 is 1.48 bits per heavy atom. The van der Waals surface area contributed by atoms with E-state index < -0.39 is 35.3 Å². The van der Waals surface area contributed by atoms with E-state index in [-0.39, 0.29) is 17.1 Å². The number of carbonyl (C=O) groups is 3. The van der Waals surface area contributed by atoms with Crippen LogP contribution in [0.3, 0.4) is 0 Å². The standard InChI is InChI=1S/C31H23F4N3O3S/c32-22-15-13-20(14-16-22)17-27(38-29(40)21-7-2-1-3-8-21)30(41)36-23-9-6-10-24(18-23)42-19-28(39)37-26-12-5-4-11-25(26)31(33,34)35/h1-18H,19H2,(H,36,41)(H,37,39)(H,38,40)/b27-17+. The quantitative estimate of drug-likeness (QED) is 0.111. The lowest BCUT2D eigenvalue weighted by atomic mass is 10.1. The number of nitrogens with one attached hydrogen (secondary N) is 3. The molecule has 4 aromatic rings. The third kappa shape index (κ3) is 8.55. The van der Waals surface area contributed by atoms with E-state index in [2.05, 4.69) is 16.0 Å². The van der Waals surface area contributed by atoms with Crippen molar-refractivity contribution >= 4 is 46.9 Å². The maximum Gasteiger partial charge on any atom is 0.418 e. The van der Waals surface area contributed by atoms with Gasteiger partial charge in [-0.2, -0.15) is 13.2 Å². The summed E-state index contributed by atoms with van der Waals surface area (Å²) in [6, 6.07) is 24.8. The van der Waals surface area contributed by atoms with Gasteiger partial charge in [0.1, 0.15) is 11.5 Å². The summed E-state index contributed by atoms with van der Waals surface area (Å²) < 4.78 is 53.0. The number of thioether (sulfide) groups is 1. The van der Waals surface area contributed by atoms with E-state index in [0.29, 0.717) is 21.7 Å². The molecule has 0 fully saturated rings. The highest BCUT2D eigenvalue weighted by Gasteiger charge is 2.33. The van der Waals surface area contributed by atoms with Crippen molar-refractivity contribution < 1.29 is 31.9 Å². The Kier molecular flexibility index (Phi) is 9.77. The normalized spacial score (nSPS) is 11.5. The minimum absolute atomic E-state index is 0.101. The van der Waals surface area contributed by atoms with E-state index in [4.69, 9.17) is 0 Å². The number of hydrogen-bond donors (Lipinski definition) is 3. The molecule has 11 heteroatoms. The molecule has 0 aliphatic rings. The molecular weight excluding hydrogens is 570 g/mol. The molecule has 0 aromatic heterocycles. The zero-order valence-electron chi connectivity index (χ0n) is 21.7. The first-order valence-electron chi connectivity index (χ1n) is 12.4. The minimum Gasteiger partial charge on any atom is -0.325 e. The van der Waals surface area contributed by atoms with Crippen LogP contribution in [0, 0.1) is 5.82 Å². The van der Waals surface area contributed by atoms with Crippen molar-refractivity contribution in [2.75, 3.05) is 16.4 Å². The zero-order chi connectivity index (χ0) is 30.1. The number of para-hydroxylation sites is 1. The second-order valence-electron chi connectivity index (χ2n) is 8.79. The summed E-state index contributed by atoms with van der Waals surface area (Å²) in [6.07, 6.45) is -3.22. The molecule has 42 heavy (non-hydrogen) atoms. The van der Waals surface area contributed by atoms with Gasteiger partial charge in [-0.3, -0.25) is 14.4 Å². The SMILES string of the molecule is O=C(CSc1cccc(NC(=O)/C(=C\c2ccc(F)cc2)NC(=O)c2ccccc2)c1)Nc1ccccc1C(F)(F)F. The molecule has 0 bridgehead atoms. The first kappa shape index (κ1) is 30.1. The number of halogens is 4. The van der Waals surface area contributed by atoms with Gasteiger partial charge >= 0.3 is 6.18 Å². The number of benzene rings is 4. The molecule has 0 aliphatic heterocycles. The van der Waals surface area contributed by atoms with Gasteiger partial charge in [-0.15, -0.1) is 11.8 Å². The van der Waals surface area contributed by atoms with E-state index in [1.807, 2.05) is 0 Å². The Balaban J connectivity index is 1.45. The summed E-state index contributed by atoms with van der Waals surface area (Å²) in [6.45, 7) is 0. The minimum atomic E-state index is -4.62. The second-order valence-corrected chi connectivity index (χ2v) is 9.84. The first-order valence-corrected chi connectivity index (χ1v) is 13.4. The summed E-state index contributed by atoms with van der Waals surface area (Å²) in [5, 5.41) is 7.56. The van der Waals surface area contributed by atoms with Crippen LogP contribution in [-0.4, -0.2) is 23.5 Å². The van der Waals surface area contributed by atoms with Crippen molar-refractivity contribution in [3.63, 3.8) is 0 Å². The smallest absolute Gasteiger partial charge is 0.325 e. The summed E-state index contributed by atoms with van der Waals surface area (Å²) in [7, 11) is 0. The number of anilines is 2. The lowest BCUT2D eigenvalue weighted by Crippen LogP contribution is -2.30. The number of alkyl halides is 3. The highest BCUT2D eigenvalue weighted by Crippen LogP contribution is 2.34. The Hall–Kier alpha value is -4.90. The summed E-state index contributed by atoms with van der Waals surface area (Å²) >= 11 is 1.06. The number of rotatable bonds is 9. The predicted molar refractivity (Wildman–Crippen MR) is 154 cm³/mol. The molecule has 6 nitrogen and oxygen atoms in total. The van der Waals surface area contributed by atoms with Crippen LogP contribution in [-0.2, 0) is 15.8 Å². The van der Waals surface area contributed by atoms with Gasteiger partial charge in [-0.25, -0.2) is 4.39 Å². The van der Waals surface area contributed by atoms with Crippen LogP contribution < -0.4 is 16.0 Å². The molecule has 0 saturated heterocycles. The number of amides is 3. The van der Waals surface area contributed by atoms with E-state index in [1.165, 1.54) is 48.5 Å². The van der Waals surface area contributed by atoms with Crippen LogP contribution >= 0.6 is 11.8 Å². The molecule has 0 spiro atoms. The van der Waals surface area contributed by atoms with Crippen molar-refractivity contribution in [1.29, 1.82) is 0 Å². The van der Waals surface area contributed by atoms with Gasteiger partial charge < -0.3 is 16.0 Å². The highest BCUT2D eigenvalue weighted by atomic mass is 32.2. The molecule has 4 rings (SSSR count). The van der Waals surface area contributed by atoms with Crippen LogP contribution in [0.25, 0.3) is 6.08 Å². The predicted octanol–water partition coefficient (Wildman–Crippen LogP) is 6.98. The van der Waals surface area contributed by atoms with Gasteiger partial charge in [0.2, 0.25) is 5.91 Å². The molecule has 0 heterocycles. The maximum absolute atomic E-state index is 13.4. The van der Waals surface area contributed by atoms with Crippen LogP contribution in [0.15, 0.2) is 114 Å². The molecule has 0 atom stereocenters. The third-order valence-electron chi connectivity index (χ3n) is 5.68. The Bertz CT molecular complexity index is 1610.